The van der Waals surface area contributed by atoms with Crippen molar-refractivity contribution in [3.63, 3.8) is 0 Å². The average molecular weight is 351 g/mol. The van der Waals surface area contributed by atoms with Gasteiger partial charge in [0.1, 0.15) is 0 Å². The monoisotopic (exact) mass is 350 g/mol. The molecule has 2 N–H and O–H groups in total. The first kappa shape index (κ1) is 17.7. The van der Waals surface area contributed by atoms with Crippen molar-refractivity contribution in [2.75, 3.05) is 0 Å². The number of benzene rings is 1. The van der Waals surface area contributed by atoms with Gasteiger partial charge in [0.25, 0.3) is 0 Å². The first-order chi connectivity index (χ1) is 12.6. The minimum Gasteiger partial charge on any atom is -0.369 e. The van der Waals surface area contributed by atoms with Crippen LogP contribution in [0.1, 0.15) is 76.3 Å². The minimum absolute atomic E-state index is 0.325. The number of rotatable bonds is 5. The second-order valence-corrected chi connectivity index (χ2v) is 8.84. The van der Waals surface area contributed by atoms with Crippen molar-refractivity contribution >= 4 is 5.57 Å². The normalized spacial score (nSPS) is 25.2. The van der Waals surface area contributed by atoms with E-state index in [0.29, 0.717) is 17.5 Å². The molecule has 140 valence electrons. The zero-order valence-electron chi connectivity index (χ0n) is 16.5. The summed E-state index contributed by atoms with van der Waals surface area (Å²) >= 11 is 0. The van der Waals surface area contributed by atoms with Gasteiger partial charge in [-0.3, -0.25) is 0 Å². The number of fused-ring (bicyclic) bond motifs is 1. The summed E-state index contributed by atoms with van der Waals surface area (Å²) in [4.78, 5) is 0. The van der Waals surface area contributed by atoms with Gasteiger partial charge in [0.2, 0.25) is 0 Å². The van der Waals surface area contributed by atoms with Crippen molar-refractivity contribution in [1.29, 1.82) is 0 Å². The first-order valence-electron chi connectivity index (χ1n) is 10.6. The third-order valence-corrected chi connectivity index (χ3v) is 7.30. The second-order valence-electron chi connectivity index (χ2n) is 8.84. The molecule has 3 aliphatic carbocycles. The van der Waals surface area contributed by atoms with Gasteiger partial charge < -0.3 is 10.6 Å². The largest absolute Gasteiger partial charge is 0.369 e. The van der Waals surface area contributed by atoms with Gasteiger partial charge >= 0.3 is 0 Å². The molecule has 2 nitrogen and oxygen atoms in total. The van der Waals surface area contributed by atoms with Gasteiger partial charge in [-0.1, -0.05) is 56.5 Å². The molecule has 2 unspecified atom stereocenters. The van der Waals surface area contributed by atoms with Crippen LogP contribution in [0, 0.1) is 5.41 Å². The Morgan fingerprint density at radius 3 is 2.62 bits per heavy atom. The van der Waals surface area contributed by atoms with Crippen LogP contribution in [0.5, 0.6) is 0 Å². The van der Waals surface area contributed by atoms with E-state index >= 15 is 0 Å². The van der Waals surface area contributed by atoms with Crippen LogP contribution < -0.4 is 10.6 Å². The van der Waals surface area contributed by atoms with Gasteiger partial charge in [-0.2, -0.15) is 0 Å². The average Bonchev–Trinajstić information content (AvgIpc) is 3.17. The Morgan fingerprint density at radius 2 is 1.85 bits per heavy atom. The van der Waals surface area contributed by atoms with Crippen LogP contribution in [0.3, 0.4) is 0 Å². The zero-order chi connectivity index (χ0) is 18.1. The molecule has 0 amide bonds. The topological polar surface area (TPSA) is 24.1 Å². The fraction of sp³-hybridized carbons (Fsp3) is 0.583. The van der Waals surface area contributed by atoms with Crippen LogP contribution in [0.2, 0.25) is 0 Å². The summed E-state index contributed by atoms with van der Waals surface area (Å²) < 4.78 is 0. The SMILES string of the molecule is C=C(NC(C)C1=C(C)c2ccccc2C1)NC1CCCC12CCCCC2. The molecule has 0 saturated heterocycles. The highest BCUT2D eigenvalue weighted by Gasteiger charge is 2.43. The van der Waals surface area contributed by atoms with Crippen LogP contribution in [0.25, 0.3) is 5.57 Å². The number of nitrogens with one attached hydrogen (secondary N) is 2. The number of hydrogen-bond acceptors (Lipinski definition) is 2. The number of hydrogen-bond donors (Lipinski definition) is 2. The maximum atomic E-state index is 4.34. The maximum absolute atomic E-state index is 4.34. The lowest BCUT2D eigenvalue weighted by Gasteiger charge is -2.40. The van der Waals surface area contributed by atoms with Crippen molar-refractivity contribution in [1.82, 2.24) is 10.6 Å². The van der Waals surface area contributed by atoms with Gasteiger partial charge in [0, 0.05) is 12.1 Å². The maximum Gasteiger partial charge on any atom is 0.0919 e. The predicted molar refractivity (Wildman–Crippen MR) is 111 cm³/mol. The molecular formula is C24H34N2. The lowest BCUT2D eigenvalue weighted by Crippen LogP contribution is -2.46. The molecule has 2 saturated carbocycles. The number of allylic oxidation sites excluding steroid dienone is 1. The van der Waals surface area contributed by atoms with Crippen molar-refractivity contribution in [3.05, 3.63) is 53.4 Å². The molecular weight excluding hydrogens is 316 g/mol. The summed E-state index contributed by atoms with van der Waals surface area (Å²) in [6.07, 6.45) is 12.2. The predicted octanol–water partition coefficient (Wildman–Crippen LogP) is 5.56. The Balaban J connectivity index is 1.39. The van der Waals surface area contributed by atoms with Crippen molar-refractivity contribution in [2.24, 2.45) is 5.41 Å². The summed E-state index contributed by atoms with van der Waals surface area (Å²) in [6.45, 7) is 8.88. The van der Waals surface area contributed by atoms with E-state index in [9.17, 15) is 0 Å². The molecule has 2 fully saturated rings. The second kappa shape index (κ2) is 7.13. The summed E-state index contributed by atoms with van der Waals surface area (Å²) in [5, 5.41) is 7.47. The molecule has 2 heteroatoms. The van der Waals surface area contributed by atoms with E-state index in [1.165, 1.54) is 73.6 Å². The van der Waals surface area contributed by atoms with Crippen LogP contribution in [0.4, 0.5) is 0 Å². The molecule has 0 heterocycles. The Morgan fingerprint density at radius 1 is 1.12 bits per heavy atom. The molecule has 4 rings (SSSR count). The van der Waals surface area contributed by atoms with E-state index in [4.69, 9.17) is 0 Å². The molecule has 26 heavy (non-hydrogen) atoms. The highest BCUT2D eigenvalue weighted by atomic mass is 15.1. The van der Waals surface area contributed by atoms with Gasteiger partial charge in [-0.25, -0.2) is 0 Å². The summed E-state index contributed by atoms with van der Waals surface area (Å²) in [7, 11) is 0. The standard InChI is InChI=1S/C24H34N2/c1-17-21-11-6-5-10-20(21)16-22(17)18(2)25-19(3)26-23-12-9-15-24(23)13-7-4-8-14-24/h5-6,10-11,18,23,25-26H,3-4,7-9,12-16H2,1-2H3. The molecule has 1 aromatic rings. The minimum atomic E-state index is 0.325. The fourth-order valence-electron chi connectivity index (χ4n) is 5.85. The van der Waals surface area contributed by atoms with Crippen molar-refractivity contribution in [2.45, 2.75) is 83.7 Å². The molecule has 1 aromatic carbocycles. The van der Waals surface area contributed by atoms with Crippen LogP contribution >= 0.6 is 0 Å². The lowest BCUT2D eigenvalue weighted by molar-refractivity contribution is 0.154. The molecule has 2 atom stereocenters. The Hall–Kier alpha value is -1.70. The van der Waals surface area contributed by atoms with Crippen LogP contribution in [-0.2, 0) is 6.42 Å². The molecule has 0 radical (unpaired) electrons. The molecule has 0 aromatic heterocycles. The summed E-state index contributed by atoms with van der Waals surface area (Å²) in [5.74, 6) is 1.02. The van der Waals surface area contributed by atoms with Gasteiger partial charge in [0.15, 0.2) is 0 Å². The first-order valence-corrected chi connectivity index (χ1v) is 10.6. The van der Waals surface area contributed by atoms with Gasteiger partial charge in [-0.15, -0.1) is 0 Å². The van der Waals surface area contributed by atoms with E-state index < -0.39 is 0 Å². The van der Waals surface area contributed by atoms with E-state index in [0.717, 1.165) is 12.2 Å². The highest BCUT2D eigenvalue weighted by Crippen LogP contribution is 2.49. The van der Waals surface area contributed by atoms with E-state index in [-0.39, 0.29) is 0 Å². The zero-order valence-corrected chi connectivity index (χ0v) is 16.5. The Kier molecular flexibility index (Phi) is 4.86. The van der Waals surface area contributed by atoms with Crippen LogP contribution in [-0.4, -0.2) is 12.1 Å². The smallest absolute Gasteiger partial charge is 0.0919 e. The third-order valence-electron chi connectivity index (χ3n) is 7.30. The van der Waals surface area contributed by atoms with Gasteiger partial charge in [0.05, 0.1) is 5.82 Å². The quantitative estimate of drug-likeness (QED) is 0.726. The highest BCUT2D eigenvalue weighted by molar-refractivity contribution is 5.75. The van der Waals surface area contributed by atoms with Crippen molar-refractivity contribution < 1.29 is 0 Å². The molecule has 1 spiro atoms. The Bertz CT molecular complexity index is 709. The molecule has 0 bridgehead atoms. The third kappa shape index (κ3) is 3.19. The van der Waals surface area contributed by atoms with Crippen molar-refractivity contribution in [3.8, 4) is 0 Å². The Labute approximate surface area is 159 Å². The summed E-state index contributed by atoms with van der Waals surface area (Å²) in [6, 6.07) is 9.75. The molecule has 3 aliphatic rings. The van der Waals surface area contributed by atoms with Crippen LogP contribution in [0.15, 0.2) is 42.2 Å². The van der Waals surface area contributed by atoms with E-state index in [1.807, 2.05) is 0 Å². The fourth-order valence-corrected chi connectivity index (χ4v) is 5.85. The van der Waals surface area contributed by atoms with E-state index in [1.54, 1.807) is 0 Å². The summed E-state index contributed by atoms with van der Waals surface area (Å²) in [5.41, 5.74) is 6.38. The molecule has 0 aliphatic heterocycles. The van der Waals surface area contributed by atoms with E-state index in [2.05, 4.69) is 55.3 Å². The van der Waals surface area contributed by atoms with Gasteiger partial charge in [-0.05, 0) is 73.6 Å². The lowest BCUT2D eigenvalue weighted by atomic mass is 9.70.